The van der Waals surface area contributed by atoms with Crippen LogP contribution in [-0.4, -0.2) is 66.5 Å². The van der Waals surface area contributed by atoms with Crippen molar-refractivity contribution in [1.29, 1.82) is 0 Å². The fourth-order valence-corrected chi connectivity index (χ4v) is 4.90. The van der Waals surface area contributed by atoms with E-state index in [1.54, 1.807) is 6.08 Å². The Balaban J connectivity index is 1.44. The first-order valence-corrected chi connectivity index (χ1v) is 9.98. The summed E-state index contributed by atoms with van der Waals surface area (Å²) in [5.74, 6) is -0.215. The second-order valence-corrected chi connectivity index (χ2v) is 9.49. The van der Waals surface area contributed by atoms with Crippen molar-refractivity contribution in [2.75, 3.05) is 32.8 Å². The highest BCUT2D eigenvalue weighted by Gasteiger charge is 2.61. The van der Waals surface area contributed by atoms with Crippen LogP contribution in [0.25, 0.3) is 0 Å². The minimum absolute atomic E-state index is 0.100. The van der Waals surface area contributed by atoms with Crippen LogP contribution in [0, 0.1) is 22.7 Å². The van der Waals surface area contributed by atoms with Crippen molar-refractivity contribution in [2.45, 2.75) is 32.7 Å². The summed E-state index contributed by atoms with van der Waals surface area (Å²) >= 11 is 0. The molecule has 4 fully saturated rings. The molecule has 3 heterocycles. The van der Waals surface area contributed by atoms with Gasteiger partial charge in [-0.25, -0.2) is 9.69 Å². The van der Waals surface area contributed by atoms with Gasteiger partial charge < -0.3 is 15.0 Å². The molecule has 3 aliphatic heterocycles. The topological polar surface area (TPSA) is 79.0 Å². The third-order valence-electron chi connectivity index (χ3n) is 6.98. The number of carbonyl (C=O) groups is 3. The molecule has 0 aromatic carbocycles. The second kappa shape index (κ2) is 6.44. The van der Waals surface area contributed by atoms with Gasteiger partial charge in [0.15, 0.2) is 0 Å². The summed E-state index contributed by atoms with van der Waals surface area (Å²) in [5, 5.41) is 3.30. The molecule has 1 spiro atoms. The molecule has 28 heavy (non-hydrogen) atoms. The van der Waals surface area contributed by atoms with Crippen molar-refractivity contribution in [3.8, 4) is 0 Å². The first kappa shape index (κ1) is 19.2. The number of likely N-dealkylation sites (tertiary alicyclic amines) is 1. The van der Waals surface area contributed by atoms with Gasteiger partial charge in [-0.3, -0.25) is 9.59 Å². The smallest absolute Gasteiger partial charge is 0.416 e. The number of hydrogen-bond acceptors (Lipinski definition) is 5. The number of amides is 3. The summed E-state index contributed by atoms with van der Waals surface area (Å²) in [4.78, 5) is 41.4. The number of nitrogens with zero attached hydrogens (tertiary/aromatic N) is 2. The zero-order valence-corrected chi connectivity index (χ0v) is 16.7. The summed E-state index contributed by atoms with van der Waals surface area (Å²) in [7, 11) is 0. The van der Waals surface area contributed by atoms with E-state index in [0.29, 0.717) is 32.6 Å². The molecule has 7 heteroatoms. The molecule has 0 aromatic rings. The number of hydrogen-bond donors (Lipinski definition) is 1. The molecule has 1 aliphatic carbocycles. The van der Waals surface area contributed by atoms with Gasteiger partial charge in [0.25, 0.3) is 0 Å². The largest absolute Gasteiger partial charge is 0.447 e. The van der Waals surface area contributed by atoms with Gasteiger partial charge in [0.05, 0.1) is 12.0 Å². The van der Waals surface area contributed by atoms with Crippen LogP contribution < -0.4 is 5.32 Å². The summed E-state index contributed by atoms with van der Waals surface area (Å²) in [5.41, 5.74) is 0.588. The average Bonchev–Trinajstić information content (AvgIpc) is 2.97. The number of rotatable bonds is 5. The summed E-state index contributed by atoms with van der Waals surface area (Å²) in [6.07, 6.45) is 2.46. The van der Waals surface area contributed by atoms with Gasteiger partial charge in [0, 0.05) is 37.5 Å². The summed E-state index contributed by atoms with van der Waals surface area (Å²) in [6, 6.07) is -0.340. The zero-order valence-electron chi connectivity index (χ0n) is 16.7. The van der Waals surface area contributed by atoms with Crippen molar-refractivity contribution in [1.82, 2.24) is 15.1 Å². The third-order valence-corrected chi connectivity index (χ3v) is 6.98. The molecule has 1 N–H and O–H groups in total. The van der Waals surface area contributed by atoms with E-state index in [1.165, 1.54) is 4.90 Å². The molecule has 3 saturated heterocycles. The number of carbonyl (C=O) groups excluding carboxylic acids is 3. The van der Waals surface area contributed by atoms with Crippen LogP contribution in [0.2, 0.25) is 0 Å². The van der Waals surface area contributed by atoms with Crippen molar-refractivity contribution in [2.24, 2.45) is 22.7 Å². The first-order chi connectivity index (χ1) is 13.2. The molecule has 3 unspecified atom stereocenters. The van der Waals surface area contributed by atoms with E-state index in [-0.39, 0.29) is 47.1 Å². The van der Waals surface area contributed by atoms with E-state index in [2.05, 4.69) is 32.3 Å². The van der Waals surface area contributed by atoms with Gasteiger partial charge in [-0.15, -0.1) is 0 Å². The SMILES string of the molecule is C=CC(=C)CC1COC(=O)N1C(=O)C1CNCC12CN(C(=O)C1CC1(C)C)C2. The molecular weight excluding hydrogens is 358 g/mol. The van der Waals surface area contributed by atoms with Gasteiger partial charge >= 0.3 is 6.09 Å². The Hall–Kier alpha value is -2.15. The van der Waals surface area contributed by atoms with Crippen LogP contribution in [-0.2, 0) is 14.3 Å². The van der Waals surface area contributed by atoms with Gasteiger partial charge in [-0.1, -0.05) is 38.7 Å². The first-order valence-electron chi connectivity index (χ1n) is 9.98. The maximum atomic E-state index is 13.3. The molecule has 0 bridgehead atoms. The molecule has 0 aromatic heterocycles. The lowest BCUT2D eigenvalue weighted by molar-refractivity contribution is -0.154. The van der Waals surface area contributed by atoms with E-state index in [9.17, 15) is 14.4 Å². The normalized spacial score (nSPS) is 32.1. The van der Waals surface area contributed by atoms with Crippen LogP contribution in [0.15, 0.2) is 24.8 Å². The van der Waals surface area contributed by atoms with E-state index < -0.39 is 6.09 Å². The monoisotopic (exact) mass is 387 g/mol. The lowest BCUT2D eigenvalue weighted by atomic mass is 9.70. The number of allylic oxidation sites excluding steroid dienone is 1. The number of imide groups is 1. The molecule has 4 rings (SSSR count). The molecule has 0 radical (unpaired) electrons. The Morgan fingerprint density at radius 2 is 1.96 bits per heavy atom. The summed E-state index contributed by atoms with van der Waals surface area (Å²) in [6.45, 7) is 14.4. The summed E-state index contributed by atoms with van der Waals surface area (Å²) < 4.78 is 5.15. The van der Waals surface area contributed by atoms with Crippen LogP contribution in [0.1, 0.15) is 26.7 Å². The number of ether oxygens (including phenoxy) is 1. The Bertz CT molecular complexity index is 753. The van der Waals surface area contributed by atoms with E-state index in [4.69, 9.17) is 4.74 Å². The molecular formula is C21H29N3O4. The van der Waals surface area contributed by atoms with Crippen LogP contribution in [0.5, 0.6) is 0 Å². The minimum atomic E-state index is -0.583. The van der Waals surface area contributed by atoms with E-state index >= 15 is 0 Å². The highest BCUT2D eigenvalue weighted by Crippen LogP contribution is 2.54. The highest BCUT2D eigenvalue weighted by atomic mass is 16.6. The predicted octanol–water partition coefficient (Wildman–Crippen LogP) is 1.56. The standard InChI is InChI=1S/C21H29N3O4/c1-5-13(2)6-14-9-28-19(27)24(14)18(26)16-8-22-10-21(16)11-23(12-21)17(25)15-7-20(15,3)4/h5,14-16,22H,1-2,6-12H2,3-4H3. The van der Waals surface area contributed by atoms with Crippen molar-refractivity contribution < 1.29 is 19.1 Å². The Labute approximate surface area is 165 Å². The van der Waals surface area contributed by atoms with Crippen molar-refractivity contribution >= 4 is 17.9 Å². The maximum Gasteiger partial charge on any atom is 0.416 e. The lowest BCUT2D eigenvalue weighted by Gasteiger charge is -2.51. The zero-order chi connectivity index (χ0) is 20.3. The van der Waals surface area contributed by atoms with Crippen LogP contribution in [0.3, 0.4) is 0 Å². The Kier molecular flexibility index (Phi) is 4.41. The number of cyclic esters (lactones) is 1. The number of nitrogens with one attached hydrogen (secondary N) is 1. The average molecular weight is 387 g/mol. The predicted molar refractivity (Wildman–Crippen MR) is 103 cm³/mol. The quantitative estimate of drug-likeness (QED) is 0.725. The molecule has 3 amide bonds. The van der Waals surface area contributed by atoms with Gasteiger partial charge in [-0.2, -0.15) is 0 Å². The lowest BCUT2D eigenvalue weighted by Crippen LogP contribution is -2.65. The molecule has 152 valence electrons. The van der Waals surface area contributed by atoms with Crippen molar-refractivity contribution in [3.05, 3.63) is 24.8 Å². The molecule has 3 atom stereocenters. The highest BCUT2D eigenvalue weighted by molar-refractivity contribution is 5.96. The fraction of sp³-hybridized carbons (Fsp3) is 0.667. The van der Waals surface area contributed by atoms with Crippen LogP contribution >= 0.6 is 0 Å². The third kappa shape index (κ3) is 2.96. The molecule has 1 saturated carbocycles. The van der Waals surface area contributed by atoms with Gasteiger partial charge in [0.2, 0.25) is 11.8 Å². The van der Waals surface area contributed by atoms with Crippen molar-refractivity contribution in [3.63, 3.8) is 0 Å². The van der Waals surface area contributed by atoms with E-state index in [1.807, 2.05) is 4.90 Å². The van der Waals surface area contributed by atoms with Gasteiger partial charge in [0.1, 0.15) is 6.61 Å². The van der Waals surface area contributed by atoms with E-state index in [0.717, 1.165) is 12.0 Å². The second-order valence-electron chi connectivity index (χ2n) is 9.49. The molecule has 7 nitrogen and oxygen atoms in total. The van der Waals surface area contributed by atoms with Gasteiger partial charge in [-0.05, 0) is 18.3 Å². The molecule has 4 aliphatic rings. The minimum Gasteiger partial charge on any atom is -0.447 e. The Morgan fingerprint density at radius 3 is 2.57 bits per heavy atom. The van der Waals surface area contributed by atoms with Crippen LogP contribution in [0.4, 0.5) is 4.79 Å². The fourth-order valence-electron chi connectivity index (χ4n) is 4.90. The maximum absolute atomic E-state index is 13.3. The Morgan fingerprint density at radius 1 is 1.29 bits per heavy atom.